The van der Waals surface area contributed by atoms with Crippen molar-refractivity contribution in [1.82, 2.24) is 9.80 Å². The molecular weight excluding hydrogens is 280 g/mol. The van der Waals surface area contributed by atoms with E-state index in [1.54, 1.807) is 0 Å². The van der Waals surface area contributed by atoms with Gasteiger partial charge in [0.25, 0.3) is 0 Å². The predicted molar refractivity (Wildman–Crippen MR) is 84.9 cm³/mol. The number of piperidine rings is 1. The van der Waals surface area contributed by atoms with Crippen molar-refractivity contribution in [3.05, 3.63) is 0 Å². The molecule has 22 heavy (non-hydrogen) atoms. The van der Waals surface area contributed by atoms with Gasteiger partial charge in [-0.3, -0.25) is 9.69 Å². The number of hydrogen-bond donors (Lipinski definition) is 1. The van der Waals surface area contributed by atoms with E-state index in [0.29, 0.717) is 25.7 Å². The normalized spacial score (nSPS) is 35.0. The summed E-state index contributed by atoms with van der Waals surface area (Å²) in [6.07, 6.45) is 3.03. The highest BCUT2D eigenvalue weighted by Gasteiger charge is 2.54. The maximum atomic E-state index is 11.9. The minimum absolute atomic E-state index is 0.174. The first-order valence-corrected chi connectivity index (χ1v) is 8.79. The fraction of sp³-hybridized carbons (Fsp3) is 0.941. The summed E-state index contributed by atoms with van der Waals surface area (Å²) in [6.45, 7) is 10.9. The molecule has 3 heterocycles. The summed E-state index contributed by atoms with van der Waals surface area (Å²) >= 11 is 0. The zero-order chi connectivity index (χ0) is 15.7. The quantitative estimate of drug-likeness (QED) is 0.853. The molecule has 5 heteroatoms. The first kappa shape index (κ1) is 16.2. The summed E-state index contributed by atoms with van der Waals surface area (Å²) < 4.78 is 5.56. The Hall–Kier alpha value is -0.650. The van der Waals surface area contributed by atoms with Crippen LogP contribution in [0.5, 0.6) is 0 Å². The van der Waals surface area contributed by atoms with Crippen LogP contribution in [-0.2, 0) is 9.53 Å². The summed E-state index contributed by atoms with van der Waals surface area (Å²) in [4.78, 5) is 16.9. The molecule has 0 saturated carbocycles. The van der Waals surface area contributed by atoms with Crippen molar-refractivity contribution in [3.8, 4) is 0 Å². The van der Waals surface area contributed by atoms with Crippen molar-refractivity contribution in [3.63, 3.8) is 0 Å². The highest BCUT2D eigenvalue weighted by molar-refractivity contribution is 5.76. The molecule has 0 aromatic rings. The van der Waals surface area contributed by atoms with Crippen molar-refractivity contribution in [2.45, 2.75) is 39.2 Å². The second kappa shape index (κ2) is 6.46. The average Bonchev–Trinajstić information content (AvgIpc) is 2.88. The van der Waals surface area contributed by atoms with Gasteiger partial charge in [0.15, 0.2) is 0 Å². The van der Waals surface area contributed by atoms with E-state index >= 15 is 0 Å². The lowest BCUT2D eigenvalue weighted by molar-refractivity contribution is -0.157. The van der Waals surface area contributed by atoms with Crippen LogP contribution in [0, 0.1) is 17.3 Å². The number of carboxylic acids is 1. The van der Waals surface area contributed by atoms with E-state index in [1.807, 2.05) is 0 Å². The molecule has 0 amide bonds. The molecule has 0 bridgehead atoms. The number of hydrogen-bond acceptors (Lipinski definition) is 4. The van der Waals surface area contributed by atoms with Crippen LogP contribution in [0.25, 0.3) is 0 Å². The summed E-state index contributed by atoms with van der Waals surface area (Å²) in [5, 5.41) is 9.77. The highest BCUT2D eigenvalue weighted by Crippen LogP contribution is 2.43. The lowest BCUT2D eigenvalue weighted by atomic mass is 9.74. The van der Waals surface area contributed by atoms with Crippen LogP contribution in [0.2, 0.25) is 0 Å². The second-order valence-corrected chi connectivity index (χ2v) is 7.84. The minimum Gasteiger partial charge on any atom is -0.481 e. The summed E-state index contributed by atoms with van der Waals surface area (Å²) in [5.74, 6) is 0.284. The Kier molecular flexibility index (Phi) is 4.76. The summed E-state index contributed by atoms with van der Waals surface area (Å²) in [6, 6.07) is 0.560. The monoisotopic (exact) mass is 310 g/mol. The van der Waals surface area contributed by atoms with Gasteiger partial charge in [0.05, 0.1) is 12.0 Å². The van der Waals surface area contributed by atoms with E-state index in [1.165, 1.54) is 19.4 Å². The maximum Gasteiger partial charge on any atom is 0.311 e. The minimum atomic E-state index is -0.611. The predicted octanol–water partition coefficient (Wildman–Crippen LogP) is 1.53. The first-order valence-electron chi connectivity index (χ1n) is 8.79. The third-order valence-electron chi connectivity index (χ3n) is 5.86. The third-order valence-corrected chi connectivity index (χ3v) is 5.86. The van der Waals surface area contributed by atoms with Gasteiger partial charge in [0.1, 0.15) is 0 Å². The fourth-order valence-electron chi connectivity index (χ4n) is 4.60. The van der Waals surface area contributed by atoms with Crippen molar-refractivity contribution < 1.29 is 14.6 Å². The number of fused-ring (bicyclic) bond motifs is 1. The van der Waals surface area contributed by atoms with E-state index in [9.17, 15) is 9.90 Å². The van der Waals surface area contributed by atoms with E-state index in [2.05, 4.69) is 23.6 Å². The Balaban J connectivity index is 1.59. The van der Waals surface area contributed by atoms with E-state index in [-0.39, 0.29) is 5.92 Å². The van der Waals surface area contributed by atoms with Crippen LogP contribution < -0.4 is 0 Å². The summed E-state index contributed by atoms with van der Waals surface area (Å²) in [7, 11) is 0. The first-order chi connectivity index (χ1) is 10.5. The molecule has 0 aliphatic carbocycles. The van der Waals surface area contributed by atoms with Crippen molar-refractivity contribution >= 4 is 5.97 Å². The van der Waals surface area contributed by atoms with Crippen LogP contribution in [0.3, 0.4) is 0 Å². The zero-order valence-electron chi connectivity index (χ0n) is 14.0. The molecule has 0 aromatic heterocycles. The van der Waals surface area contributed by atoms with Crippen molar-refractivity contribution in [2.24, 2.45) is 17.3 Å². The Labute approximate surface area is 133 Å². The Morgan fingerprint density at radius 2 is 2.09 bits per heavy atom. The average molecular weight is 310 g/mol. The topological polar surface area (TPSA) is 53.0 Å². The van der Waals surface area contributed by atoms with Crippen LogP contribution in [0.15, 0.2) is 0 Å². The number of carboxylic acid groups (broad SMARTS) is 1. The molecular formula is C17H30N2O3. The smallest absolute Gasteiger partial charge is 0.311 e. The Morgan fingerprint density at radius 1 is 1.36 bits per heavy atom. The van der Waals surface area contributed by atoms with Crippen LogP contribution in [0.1, 0.15) is 33.1 Å². The van der Waals surface area contributed by atoms with Gasteiger partial charge in [0, 0.05) is 38.2 Å². The molecule has 0 aromatic carbocycles. The molecule has 126 valence electrons. The van der Waals surface area contributed by atoms with Gasteiger partial charge in [-0.15, -0.1) is 0 Å². The molecule has 0 radical (unpaired) electrons. The van der Waals surface area contributed by atoms with Crippen LogP contribution in [0.4, 0.5) is 0 Å². The maximum absolute atomic E-state index is 11.9. The number of aliphatic carboxylic acids is 1. The van der Waals surface area contributed by atoms with Crippen LogP contribution in [-0.4, -0.2) is 72.9 Å². The molecule has 3 rings (SSSR count). The molecule has 0 unspecified atom stereocenters. The SMILES string of the molecule is CC(C)CN1CCC(N2C[C@@H]3COCC[C@]3(C(=O)O)C2)CC1. The van der Waals surface area contributed by atoms with Gasteiger partial charge >= 0.3 is 5.97 Å². The molecule has 5 nitrogen and oxygen atoms in total. The molecule has 3 fully saturated rings. The third kappa shape index (κ3) is 3.03. The molecule has 1 N–H and O–H groups in total. The van der Waals surface area contributed by atoms with Crippen LogP contribution >= 0.6 is 0 Å². The largest absolute Gasteiger partial charge is 0.481 e. The molecule has 0 spiro atoms. The van der Waals surface area contributed by atoms with Gasteiger partial charge in [-0.25, -0.2) is 0 Å². The van der Waals surface area contributed by atoms with Gasteiger partial charge in [0.2, 0.25) is 0 Å². The van der Waals surface area contributed by atoms with E-state index < -0.39 is 11.4 Å². The number of rotatable bonds is 4. The Morgan fingerprint density at radius 3 is 2.68 bits per heavy atom. The fourth-order valence-corrected chi connectivity index (χ4v) is 4.60. The molecule has 2 atom stereocenters. The number of ether oxygens (including phenoxy) is 1. The number of nitrogens with zero attached hydrogens (tertiary/aromatic N) is 2. The second-order valence-electron chi connectivity index (χ2n) is 7.84. The van der Waals surface area contributed by atoms with Gasteiger partial charge in [-0.1, -0.05) is 13.8 Å². The molecule has 3 saturated heterocycles. The van der Waals surface area contributed by atoms with Gasteiger partial charge < -0.3 is 14.7 Å². The van der Waals surface area contributed by atoms with Crippen molar-refractivity contribution in [2.75, 3.05) is 45.9 Å². The standard InChI is InChI=1S/C17H30N2O3/c1-13(2)9-18-6-3-15(4-7-18)19-10-14-11-22-8-5-17(14,12-19)16(20)21/h13-15H,3-12H2,1-2H3,(H,20,21)/t14-,17+/m1/s1. The number of likely N-dealkylation sites (tertiary alicyclic amines) is 2. The molecule has 3 aliphatic heterocycles. The lowest BCUT2D eigenvalue weighted by Gasteiger charge is -2.38. The number of carbonyl (C=O) groups is 1. The lowest BCUT2D eigenvalue weighted by Crippen LogP contribution is -2.47. The van der Waals surface area contributed by atoms with E-state index in [0.717, 1.165) is 32.1 Å². The molecule has 3 aliphatic rings. The van der Waals surface area contributed by atoms with E-state index in [4.69, 9.17) is 4.74 Å². The zero-order valence-corrected chi connectivity index (χ0v) is 14.0. The summed E-state index contributed by atoms with van der Waals surface area (Å²) in [5.41, 5.74) is -0.548. The van der Waals surface area contributed by atoms with Gasteiger partial charge in [-0.2, -0.15) is 0 Å². The Bertz CT molecular complexity index is 407. The highest BCUT2D eigenvalue weighted by atomic mass is 16.5. The van der Waals surface area contributed by atoms with Crippen molar-refractivity contribution in [1.29, 1.82) is 0 Å². The van der Waals surface area contributed by atoms with Gasteiger partial charge in [-0.05, 0) is 38.3 Å².